The van der Waals surface area contributed by atoms with Crippen LogP contribution in [0.1, 0.15) is 35.7 Å². The number of rotatable bonds is 6. The summed E-state index contributed by atoms with van der Waals surface area (Å²) in [5.41, 5.74) is 2.14. The molecule has 2 aromatic carbocycles. The number of nitrogens with one attached hydrogen (secondary N) is 1. The highest BCUT2D eigenvalue weighted by Crippen LogP contribution is 2.35. The Balaban J connectivity index is 1.59. The fourth-order valence-corrected chi connectivity index (χ4v) is 4.62. The van der Waals surface area contributed by atoms with E-state index in [4.69, 9.17) is 0 Å². The first-order valence-corrected chi connectivity index (χ1v) is 11.3. The Morgan fingerprint density at radius 2 is 1.88 bits per heavy atom. The van der Waals surface area contributed by atoms with Crippen molar-refractivity contribution in [1.82, 2.24) is 15.2 Å². The predicted molar refractivity (Wildman–Crippen MR) is 126 cm³/mol. The number of amides is 2. The molecule has 1 saturated heterocycles. The van der Waals surface area contributed by atoms with Crippen LogP contribution in [0.2, 0.25) is 0 Å². The van der Waals surface area contributed by atoms with E-state index in [1.807, 2.05) is 37.3 Å². The van der Waals surface area contributed by atoms with Gasteiger partial charge in [-0.3, -0.25) is 14.6 Å². The largest absolute Gasteiger partial charge is 0.356 e. The molecule has 1 aliphatic rings. The molecule has 0 spiro atoms. The molecule has 0 aliphatic carbocycles. The highest BCUT2D eigenvalue weighted by atomic mass is 19.1. The third kappa shape index (κ3) is 4.95. The van der Waals surface area contributed by atoms with Gasteiger partial charge in [0.2, 0.25) is 5.91 Å². The van der Waals surface area contributed by atoms with Gasteiger partial charge in [-0.05, 0) is 55.5 Å². The van der Waals surface area contributed by atoms with Gasteiger partial charge < -0.3 is 10.2 Å². The summed E-state index contributed by atoms with van der Waals surface area (Å²) in [5.74, 6) is -0.404. The van der Waals surface area contributed by atoms with Gasteiger partial charge in [-0.2, -0.15) is 0 Å². The molecule has 2 amide bonds. The van der Waals surface area contributed by atoms with Crippen molar-refractivity contribution >= 4 is 11.8 Å². The van der Waals surface area contributed by atoms with Gasteiger partial charge in [0.1, 0.15) is 5.82 Å². The summed E-state index contributed by atoms with van der Waals surface area (Å²) < 4.78 is 14.2. The quantitative estimate of drug-likeness (QED) is 0.608. The maximum absolute atomic E-state index is 14.2. The van der Waals surface area contributed by atoms with Crippen LogP contribution in [0.4, 0.5) is 4.39 Å². The Morgan fingerprint density at radius 1 is 1.09 bits per heavy atom. The summed E-state index contributed by atoms with van der Waals surface area (Å²) in [6, 6.07) is 17.9. The summed E-state index contributed by atoms with van der Waals surface area (Å²) >= 11 is 0. The third-order valence-corrected chi connectivity index (χ3v) is 6.27. The number of hydrogen-bond acceptors (Lipinski definition) is 3. The summed E-state index contributed by atoms with van der Waals surface area (Å²) in [4.78, 5) is 32.1. The first-order chi connectivity index (χ1) is 16.0. The number of carbonyl (C=O) groups is 2. The van der Waals surface area contributed by atoms with E-state index in [2.05, 4.69) is 10.3 Å². The van der Waals surface area contributed by atoms with Crippen molar-refractivity contribution in [1.29, 1.82) is 0 Å². The van der Waals surface area contributed by atoms with Crippen molar-refractivity contribution in [2.24, 2.45) is 5.41 Å². The lowest BCUT2D eigenvalue weighted by Crippen LogP contribution is -2.54. The molecule has 5 nitrogen and oxygen atoms in total. The molecule has 1 unspecified atom stereocenters. The van der Waals surface area contributed by atoms with Crippen LogP contribution >= 0.6 is 0 Å². The van der Waals surface area contributed by atoms with Crippen LogP contribution in [0, 0.1) is 11.2 Å². The number of pyridine rings is 1. The number of halogens is 1. The molecule has 0 radical (unpaired) electrons. The second-order valence-corrected chi connectivity index (χ2v) is 8.57. The van der Waals surface area contributed by atoms with E-state index in [-0.39, 0.29) is 17.6 Å². The average Bonchev–Trinajstić information content (AvgIpc) is 2.85. The van der Waals surface area contributed by atoms with Crippen LogP contribution in [0.25, 0.3) is 11.1 Å². The second kappa shape index (κ2) is 9.94. The zero-order valence-electron chi connectivity index (χ0n) is 18.8. The Kier molecular flexibility index (Phi) is 6.82. The van der Waals surface area contributed by atoms with E-state index in [0.29, 0.717) is 43.6 Å². The van der Waals surface area contributed by atoms with Crippen molar-refractivity contribution in [2.45, 2.75) is 26.2 Å². The van der Waals surface area contributed by atoms with E-state index in [1.54, 1.807) is 41.6 Å². The first kappa shape index (κ1) is 22.6. The number of piperidine rings is 1. The van der Waals surface area contributed by atoms with E-state index in [9.17, 15) is 14.0 Å². The molecule has 2 heterocycles. The summed E-state index contributed by atoms with van der Waals surface area (Å²) in [6.45, 7) is 3.39. The summed E-state index contributed by atoms with van der Waals surface area (Å²) in [7, 11) is 0. The topological polar surface area (TPSA) is 62.3 Å². The Labute approximate surface area is 193 Å². The minimum atomic E-state index is -0.717. The molecular formula is C27H28FN3O2. The van der Waals surface area contributed by atoms with E-state index in [1.165, 1.54) is 6.07 Å². The fourth-order valence-electron chi connectivity index (χ4n) is 4.62. The van der Waals surface area contributed by atoms with Crippen molar-refractivity contribution in [3.8, 4) is 11.1 Å². The SMILES string of the molecule is CCNC(=O)C1(Cc2ccc(-c3ccccc3F)cc2)CCCN(C(=O)c2cccnc2)C1. The molecule has 1 fully saturated rings. The van der Waals surface area contributed by atoms with Gasteiger partial charge in [-0.25, -0.2) is 4.39 Å². The minimum absolute atomic E-state index is 0.0353. The predicted octanol–water partition coefficient (Wildman–Crippen LogP) is 4.49. The maximum Gasteiger partial charge on any atom is 0.255 e. The summed E-state index contributed by atoms with van der Waals surface area (Å²) in [5, 5.41) is 2.98. The van der Waals surface area contributed by atoms with Gasteiger partial charge >= 0.3 is 0 Å². The van der Waals surface area contributed by atoms with Crippen LogP contribution in [0.15, 0.2) is 73.1 Å². The molecule has 1 aliphatic heterocycles. The van der Waals surface area contributed by atoms with Crippen molar-refractivity contribution in [3.05, 3.63) is 90.0 Å². The standard InChI is InChI=1S/C27H28FN3O2/c1-2-30-26(33)27(14-6-16-31(19-27)25(32)22-7-5-15-29-18-22)17-20-10-12-21(13-11-20)23-8-3-4-9-24(23)28/h3-5,7-13,15,18H,2,6,14,16-17,19H2,1H3,(H,30,33). The fraction of sp³-hybridized carbons (Fsp3) is 0.296. The van der Waals surface area contributed by atoms with Gasteiger partial charge in [0.25, 0.3) is 5.91 Å². The highest BCUT2D eigenvalue weighted by molar-refractivity contribution is 5.94. The van der Waals surface area contributed by atoms with E-state index >= 15 is 0 Å². The number of hydrogen-bond donors (Lipinski definition) is 1. The van der Waals surface area contributed by atoms with Crippen LogP contribution in [0.3, 0.4) is 0 Å². The Hall–Kier alpha value is -3.54. The minimum Gasteiger partial charge on any atom is -0.356 e. The first-order valence-electron chi connectivity index (χ1n) is 11.3. The molecule has 33 heavy (non-hydrogen) atoms. The number of benzene rings is 2. The lowest BCUT2D eigenvalue weighted by molar-refractivity contribution is -0.133. The molecule has 1 atom stereocenters. The van der Waals surface area contributed by atoms with Gasteiger partial charge in [0, 0.05) is 37.6 Å². The Morgan fingerprint density at radius 3 is 2.58 bits per heavy atom. The smallest absolute Gasteiger partial charge is 0.255 e. The average molecular weight is 446 g/mol. The van der Waals surface area contributed by atoms with Crippen molar-refractivity contribution in [3.63, 3.8) is 0 Å². The van der Waals surface area contributed by atoms with Crippen LogP contribution in [-0.4, -0.2) is 41.3 Å². The highest BCUT2D eigenvalue weighted by Gasteiger charge is 2.43. The molecular weight excluding hydrogens is 417 g/mol. The molecule has 1 aromatic heterocycles. The van der Waals surface area contributed by atoms with Crippen LogP contribution in [0.5, 0.6) is 0 Å². The molecule has 170 valence electrons. The van der Waals surface area contributed by atoms with Gasteiger partial charge in [0.05, 0.1) is 11.0 Å². The Bertz CT molecular complexity index is 1120. The zero-order chi connectivity index (χ0) is 23.3. The lowest BCUT2D eigenvalue weighted by Gasteiger charge is -2.42. The maximum atomic E-state index is 14.2. The van der Waals surface area contributed by atoms with E-state index < -0.39 is 5.41 Å². The normalized spacial score (nSPS) is 18.1. The number of nitrogens with zero attached hydrogens (tertiary/aromatic N) is 2. The van der Waals surface area contributed by atoms with Gasteiger partial charge in [-0.15, -0.1) is 0 Å². The molecule has 3 aromatic rings. The number of carbonyl (C=O) groups excluding carboxylic acids is 2. The second-order valence-electron chi connectivity index (χ2n) is 8.57. The lowest BCUT2D eigenvalue weighted by atomic mass is 9.74. The van der Waals surface area contributed by atoms with E-state index in [0.717, 1.165) is 17.5 Å². The monoisotopic (exact) mass is 445 g/mol. The third-order valence-electron chi connectivity index (χ3n) is 6.27. The van der Waals surface area contributed by atoms with Crippen molar-refractivity contribution < 1.29 is 14.0 Å². The number of likely N-dealkylation sites (tertiary alicyclic amines) is 1. The molecule has 0 saturated carbocycles. The molecule has 4 rings (SSSR count). The summed E-state index contributed by atoms with van der Waals surface area (Å²) in [6.07, 6.45) is 5.15. The molecule has 0 bridgehead atoms. The molecule has 1 N–H and O–H groups in total. The number of aromatic nitrogens is 1. The van der Waals surface area contributed by atoms with Crippen molar-refractivity contribution in [2.75, 3.05) is 19.6 Å². The van der Waals surface area contributed by atoms with Crippen LogP contribution < -0.4 is 5.32 Å². The van der Waals surface area contributed by atoms with Gasteiger partial charge in [0.15, 0.2) is 0 Å². The zero-order valence-corrected chi connectivity index (χ0v) is 18.8. The molecule has 6 heteroatoms. The van der Waals surface area contributed by atoms with Gasteiger partial charge in [-0.1, -0.05) is 42.5 Å². The van der Waals surface area contributed by atoms with Crippen LogP contribution in [-0.2, 0) is 11.2 Å².